The van der Waals surface area contributed by atoms with Crippen LogP contribution in [-0.2, 0) is 11.2 Å². The van der Waals surface area contributed by atoms with E-state index in [4.69, 9.17) is 5.73 Å². The second-order valence-electron chi connectivity index (χ2n) is 6.20. The van der Waals surface area contributed by atoms with E-state index in [1.807, 2.05) is 11.0 Å². The standard InChI is InChI=1S/C19H19FN4O3/c20-13-8-6-12(7-9-13)18(26)22-15-4-1-5-16-14(15)3-2-10-24(16)11-17(25)23-19(21)27/h1,4-9H,2-3,10-11H2,(H,22,26)(H3,21,23,25,27). The van der Waals surface area contributed by atoms with Crippen molar-refractivity contribution in [1.82, 2.24) is 5.32 Å². The van der Waals surface area contributed by atoms with E-state index in [0.717, 1.165) is 24.1 Å². The Kier molecular flexibility index (Phi) is 5.35. The van der Waals surface area contributed by atoms with Crippen molar-refractivity contribution in [3.05, 3.63) is 59.4 Å². The van der Waals surface area contributed by atoms with Gasteiger partial charge < -0.3 is 16.0 Å². The lowest BCUT2D eigenvalue weighted by Gasteiger charge is -2.31. The first kappa shape index (κ1) is 18.4. The SMILES string of the molecule is NC(=O)NC(=O)CN1CCCc2c(NC(=O)c3ccc(F)cc3)cccc21. The molecule has 4 N–H and O–H groups in total. The number of carbonyl (C=O) groups excluding carboxylic acids is 3. The minimum Gasteiger partial charge on any atom is -0.362 e. The van der Waals surface area contributed by atoms with Gasteiger partial charge in [0, 0.05) is 23.5 Å². The molecule has 27 heavy (non-hydrogen) atoms. The van der Waals surface area contributed by atoms with Crippen molar-refractivity contribution >= 4 is 29.2 Å². The number of primary amides is 1. The Morgan fingerprint density at radius 2 is 1.85 bits per heavy atom. The molecule has 0 unspecified atom stereocenters. The maximum Gasteiger partial charge on any atom is 0.318 e. The van der Waals surface area contributed by atoms with Gasteiger partial charge in [0.1, 0.15) is 5.82 Å². The molecule has 0 aliphatic carbocycles. The lowest BCUT2D eigenvalue weighted by atomic mass is 9.99. The first-order valence-electron chi connectivity index (χ1n) is 8.47. The van der Waals surface area contributed by atoms with E-state index in [1.165, 1.54) is 24.3 Å². The second-order valence-corrected chi connectivity index (χ2v) is 6.20. The number of imide groups is 1. The average Bonchev–Trinajstić information content (AvgIpc) is 2.62. The zero-order chi connectivity index (χ0) is 19.4. The van der Waals surface area contributed by atoms with Crippen LogP contribution in [0.15, 0.2) is 42.5 Å². The molecule has 3 rings (SSSR count). The molecule has 7 nitrogen and oxygen atoms in total. The summed E-state index contributed by atoms with van der Waals surface area (Å²) in [4.78, 5) is 36.9. The van der Waals surface area contributed by atoms with Crippen LogP contribution in [-0.4, -0.2) is 30.9 Å². The monoisotopic (exact) mass is 370 g/mol. The van der Waals surface area contributed by atoms with E-state index in [0.29, 0.717) is 17.8 Å². The van der Waals surface area contributed by atoms with Gasteiger partial charge in [0.05, 0.1) is 6.54 Å². The molecule has 4 amide bonds. The van der Waals surface area contributed by atoms with E-state index < -0.39 is 17.8 Å². The number of urea groups is 1. The highest BCUT2D eigenvalue weighted by molar-refractivity contribution is 6.05. The van der Waals surface area contributed by atoms with Gasteiger partial charge in [-0.1, -0.05) is 6.07 Å². The Bertz CT molecular complexity index is 883. The van der Waals surface area contributed by atoms with E-state index in [1.54, 1.807) is 12.1 Å². The minimum atomic E-state index is -0.891. The number of nitrogens with two attached hydrogens (primary N) is 1. The summed E-state index contributed by atoms with van der Waals surface area (Å²) in [7, 11) is 0. The van der Waals surface area contributed by atoms with E-state index in [2.05, 4.69) is 10.6 Å². The van der Waals surface area contributed by atoms with Crippen LogP contribution in [0.1, 0.15) is 22.3 Å². The average molecular weight is 370 g/mol. The molecule has 8 heteroatoms. The number of hydrogen-bond acceptors (Lipinski definition) is 4. The topological polar surface area (TPSA) is 105 Å². The summed E-state index contributed by atoms with van der Waals surface area (Å²) in [5.74, 6) is -1.24. The van der Waals surface area contributed by atoms with Crippen LogP contribution in [0.2, 0.25) is 0 Å². The second kappa shape index (κ2) is 7.86. The molecule has 0 spiro atoms. The molecule has 0 bridgehead atoms. The van der Waals surface area contributed by atoms with Crippen LogP contribution < -0.4 is 21.3 Å². The maximum atomic E-state index is 13.0. The predicted molar refractivity (Wildman–Crippen MR) is 99.1 cm³/mol. The van der Waals surface area contributed by atoms with Crippen LogP contribution >= 0.6 is 0 Å². The Labute approximate surface area is 155 Å². The molecule has 0 aromatic heterocycles. The molecule has 1 aliphatic rings. The quantitative estimate of drug-likeness (QED) is 0.766. The summed E-state index contributed by atoms with van der Waals surface area (Å²) < 4.78 is 13.0. The van der Waals surface area contributed by atoms with Gasteiger partial charge in [-0.05, 0) is 54.8 Å². The highest BCUT2D eigenvalue weighted by atomic mass is 19.1. The zero-order valence-corrected chi connectivity index (χ0v) is 14.5. The third kappa shape index (κ3) is 4.41. The number of rotatable bonds is 4. The fourth-order valence-corrected chi connectivity index (χ4v) is 3.13. The minimum absolute atomic E-state index is 0.00863. The van der Waals surface area contributed by atoms with Crippen LogP contribution in [0, 0.1) is 5.82 Å². The maximum absolute atomic E-state index is 13.0. The number of amides is 4. The summed E-state index contributed by atoms with van der Waals surface area (Å²) >= 11 is 0. The molecule has 0 saturated carbocycles. The number of benzene rings is 2. The fourth-order valence-electron chi connectivity index (χ4n) is 3.13. The summed E-state index contributed by atoms with van der Waals surface area (Å²) in [6.07, 6.45) is 1.53. The normalized spacial score (nSPS) is 12.9. The number of anilines is 2. The van der Waals surface area contributed by atoms with Gasteiger partial charge in [-0.25, -0.2) is 9.18 Å². The third-order valence-corrected chi connectivity index (χ3v) is 4.30. The summed E-state index contributed by atoms with van der Waals surface area (Å²) in [6.45, 7) is 0.639. The molecule has 2 aromatic rings. The number of fused-ring (bicyclic) bond motifs is 1. The smallest absolute Gasteiger partial charge is 0.318 e. The van der Waals surface area contributed by atoms with E-state index in [9.17, 15) is 18.8 Å². The molecule has 1 heterocycles. The first-order valence-corrected chi connectivity index (χ1v) is 8.47. The van der Waals surface area contributed by atoms with Crippen molar-refractivity contribution in [3.63, 3.8) is 0 Å². The van der Waals surface area contributed by atoms with E-state index in [-0.39, 0.29) is 12.5 Å². The Morgan fingerprint density at radius 1 is 1.11 bits per heavy atom. The van der Waals surface area contributed by atoms with Gasteiger partial charge in [-0.15, -0.1) is 0 Å². The summed E-state index contributed by atoms with van der Waals surface area (Å²) in [5, 5.41) is 4.90. The highest BCUT2D eigenvalue weighted by Gasteiger charge is 2.22. The first-order chi connectivity index (χ1) is 12.9. The number of nitrogens with zero attached hydrogens (tertiary/aromatic N) is 1. The number of hydrogen-bond donors (Lipinski definition) is 3. The fraction of sp³-hybridized carbons (Fsp3) is 0.211. The molecule has 0 fully saturated rings. The van der Waals surface area contributed by atoms with Crippen LogP contribution in [0.3, 0.4) is 0 Å². The Morgan fingerprint density at radius 3 is 2.56 bits per heavy atom. The van der Waals surface area contributed by atoms with Crippen LogP contribution in [0.5, 0.6) is 0 Å². The van der Waals surface area contributed by atoms with Gasteiger partial charge in [0.15, 0.2) is 0 Å². The molecule has 0 radical (unpaired) electrons. The van der Waals surface area contributed by atoms with E-state index >= 15 is 0 Å². The van der Waals surface area contributed by atoms with Crippen LogP contribution in [0.25, 0.3) is 0 Å². The summed E-state index contributed by atoms with van der Waals surface area (Å²) in [6, 6.07) is 9.83. The zero-order valence-electron chi connectivity index (χ0n) is 14.5. The summed E-state index contributed by atoms with van der Waals surface area (Å²) in [5.41, 5.74) is 7.69. The molecule has 0 atom stereocenters. The van der Waals surface area contributed by atoms with Gasteiger partial charge in [0.25, 0.3) is 5.91 Å². The molecule has 1 aliphatic heterocycles. The highest BCUT2D eigenvalue weighted by Crippen LogP contribution is 2.32. The van der Waals surface area contributed by atoms with Crippen molar-refractivity contribution in [3.8, 4) is 0 Å². The van der Waals surface area contributed by atoms with Gasteiger partial charge >= 0.3 is 6.03 Å². The lowest BCUT2D eigenvalue weighted by Crippen LogP contribution is -2.43. The predicted octanol–water partition coefficient (Wildman–Crippen LogP) is 2.03. The number of halogens is 1. The molecule has 2 aromatic carbocycles. The number of nitrogens with one attached hydrogen (secondary N) is 2. The molecular weight excluding hydrogens is 351 g/mol. The van der Waals surface area contributed by atoms with Crippen molar-refractivity contribution in [2.45, 2.75) is 12.8 Å². The number of carbonyl (C=O) groups is 3. The van der Waals surface area contributed by atoms with Crippen molar-refractivity contribution in [2.24, 2.45) is 5.73 Å². The van der Waals surface area contributed by atoms with Crippen molar-refractivity contribution < 1.29 is 18.8 Å². The molecule has 0 saturated heterocycles. The van der Waals surface area contributed by atoms with Gasteiger partial charge in [-0.2, -0.15) is 0 Å². The van der Waals surface area contributed by atoms with Crippen molar-refractivity contribution in [1.29, 1.82) is 0 Å². The Balaban J connectivity index is 1.79. The molecule has 140 valence electrons. The van der Waals surface area contributed by atoms with Gasteiger partial charge in [-0.3, -0.25) is 14.9 Å². The van der Waals surface area contributed by atoms with Gasteiger partial charge in [0.2, 0.25) is 5.91 Å². The third-order valence-electron chi connectivity index (χ3n) is 4.30. The van der Waals surface area contributed by atoms with Crippen LogP contribution in [0.4, 0.5) is 20.6 Å². The van der Waals surface area contributed by atoms with Crippen molar-refractivity contribution in [2.75, 3.05) is 23.3 Å². The molecular formula is C19H19FN4O3. The Hall–Kier alpha value is -3.42. The lowest BCUT2D eigenvalue weighted by molar-refractivity contribution is -0.118. The largest absolute Gasteiger partial charge is 0.362 e.